The summed E-state index contributed by atoms with van der Waals surface area (Å²) in [6.07, 6.45) is 0. The highest BCUT2D eigenvalue weighted by Crippen LogP contribution is 2.09. The maximum absolute atomic E-state index is 10.6. The SMILES string of the molecule is Nc1nonc1NC(=O)CCl. The lowest BCUT2D eigenvalue weighted by Gasteiger charge is -1.94. The third-order valence-electron chi connectivity index (χ3n) is 0.893. The van der Waals surface area contributed by atoms with E-state index in [4.69, 9.17) is 17.3 Å². The fourth-order valence-electron chi connectivity index (χ4n) is 0.448. The molecule has 1 rings (SSSR count). The van der Waals surface area contributed by atoms with E-state index in [0.717, 1.165) is 0 Å². The summed E-state index contributed by atoms with van der Waals surface area (Å²) in [5.41, 5.74) is 5.22. The predicted octanol–water partition coefficient (Wildman–Crippen LogP) is -0.171. The molecule has 0 bridgehead atoms. The topological polar surface area (TPSA) is 94.0 Å². The minimum Gasteiger partial charge on any atom is -0.378 e. The van der Waals surface area contributed by atoms with Crippen LogP contribution in [0.2, 0.25) is 0 Å². The smallest absolute Gasteiger partial charge is 0.240 e. The number of amides is 1. The highest BCUT2D eigenvalue weighted by atomic mass is 35.5. The Morgan fingerprint density at radius 2 is 2.45 bits per heavy atom. The van der Waals surface area contributed by atoms with Crippen LogP contribution in [0, 0.1) is 0 Å². The molecule has 1 amide bonds. The first-order valence-electron chi connectivity index (χ1n) is 2.68. The predicted molar refractivity (Wildman–Crippen MR) is 38.1 cm³/mol. The second-order valence-electron chi connectivity index (χ2n) is 1.68. The molecular weight excluding hydrogens is 172 g/mol. The quantitative estimate of drug-likeness (QED) is 0.610. The van der Waals surface area contributed by atoms with Gasteiger partial charge in [-0.05, 0) is 10.3 Å². The molecule has 6 nitrogen and oxygen atoms in total. The summed E-state index contributed by atoms with van der Waals surface area (Å²) in [5, 5.41) is 8.82. The molecule has 1 heterocycles. The van der Waals surface area contributed by atoms with Gasteiger partial charge in [-0.1, -0.05) is 0 Å². The molecule has 0 saturated carbocycles. The number of nitrogens with one attached hydrogen (secondary N) is 1. The van der Waals surface area contributed by atoms with Crippen molar-refractivity contribution in [3.05, 3.63) is 0 Å². The van der Waals surface area contributed by atoms with E-state index in [1.807, 2.05) is 0 Å². The van der Waals surface area contributed by atoms with Crippen molar-refractivity contribution in [3.8, 4) is 0 Å². The third kappa shape index (κ3) is 1.81. The molecule has 7 heteroatoms. The Labute approximate surface area is 66.7 Å². The van der Waals surface area contributed by atoms with E-state index in [9.17, 15) is 4.79 Å². The number of aromatic nitrogens is 2. The Balaban J connectivity index is 2.64. The molecule has 0 radical (unpaired) electrons. The Morgan fingerprint density at radius 3 is 2.91 bits per heavy atom. The van der Waals surface area contributed by atoms with Gasteiger partial charge in [0, 0.05) is 0 Å². The number of nitrogens with zero attached hydrogens (tertiary/aromatic N) is 2. The maximum atomic E-state index is 10.6. The number of hydrogen-bond donors (Lipinski definition) is 2. The summed E-state index contributed by atoms with van der Waals surface area (Å²) in [6.45, 7) is 0. The first kappa shape index (κ1) is 7.80. The van der Waals surface area contributed by atoms with Crippen molar-refractivity contribution in [2.75, 3.05) is 16.9 Å². The molecule has 0 aliphatic rings. The normalized spacial score (nSPS) is 9.55. The maximum Gasteiger partial charge on any atom is 0.240 e. The van der Waals surface area contributed by atoms with Gasteiger partial charge in [0.25, 0.3) is 0 Å². The summed E-state index contributed by atoms with van der Waals surface area (Å²) in [5.74, 6) is -0.445. The van der Waals surface area contributed by atoms with Crippen LogP contribution in [0.3, 0.4) is 0 Å². The molecule has 3 N–H and O–H groups in total. The van der Waals surface area contributed by atoms with Crippen LogP contribution >= 0.6 is 11.6 Å². The van der Waals surface area contributed by atoms with Crippen LogP contribution in [0.25, 0.3) is 0 Å². The van der Waals surface area contributed by atoms with Crippen LogP contribution in [0.5, 0.6) is 0 Å². The zero-order chi connectivity index (χ0) is 8.27. The number of halogens is 1. The van der Waals surface area contributed by atoms with Crippen molar-refractivity contribution in [2.45, 2.75) is 0 Å². The summed E-state index contributed by atoms with van der Waals surface area (Å²) in [7, 11) is 0. The van der Waals surface area contributed by atoms with Crippen LogP contribution in [0.1, 0.15) is 0 Å². The van der Waals surface area contributed by atoms with E-state index < -0.39 is 5.91 Å². The molecule has 1 aromatic heterocycles. The first-order valence-corrected chi connectivity index (χ1v) is 3.21. The van der Waals surface area contributed by atoms with E-state index in [1.165, 1.54) is 0 Å². The Morgan fingerprint density at radius 1 is 1.73 bits per heavy atom. The van der Waals surface area contributed by atoms with E-state index in [1.54, 1.807) is 0 Å². The summed E-state index contributed by atoms with van der Waals surface area (Å²) < 4.78 is 4.21. The molecule has 0 aliphatic heterocycles. The van der Waals surface area contributed by atoms with Crippen molar-refractivity contribution in [1.82, 2.24) is 10.3 Å². The van der Waals surface area contributed by atoms with E-state index in [2.05, 4.69) is 20.3 Å². The van der Waals surface area contributed by atoms with E-state index in [0.29, 0.717) is 0 Å². The largest absolute Gasteiger partial charge is 0.378 e. The lowest BCUT2D eigenvalue weighted by Crippen LogP contribution is -2.13. The number of carbonyl (C=O) groups is 1. The fraction of sp³-hybridized carbons (Fsp3) is 0.250. The van der Waals surface area contributed by atoms with E-state index >= 15 is 0 Å². The average Bonchev–Trinajstić information content (AvgIpc) is 2.37. The summed E-state index contributed by atoms with van der Waals surface area (Å²) in [4.78, 5) is 10.6. The van der Waals surface area contributed by atoms with Crippen LogP contribution in [-0.4, -0.2) is 22.1 Å². The zero-order valence-electron chi connectivity index (χ0n) is 5.37. The van der Waals surface area contributed by atoms with Gasteiger partial charge in [0.2, 0.25) is 17.5 Å². The van der Waals surface area contributed by atoms with Gasteiger partial charge in [-0.15, -0.1) is 11.6 Å². The molecular formula is C4H5ClN4O2. The number of alkyl halides is 1. The zero-order valence-corrected chi connectivity index (χ0v) is 6.13. The highest BCUT2D eigenvalue weighted by molar-refractivity contribution is 6.29. The lowest BCUT2D eigenvalue weighted by atomic mass is 10.6. The number of carbonyl (C=O) groups excluding carboxylic acids is 1. The van der Waals surface area contributed by atoms with Crippen molar-refractivity contribution >= 4 is 29.1 Å². The standard InChI is InChI=1S/C4H5ClN4O2/c5-1-2(10)7-4-3(6)8-11-9-4/h1H2,(H2,6,8)(H,7,9,10). The minimum absolute atomic E-state index is 0.0310. The van der Waals surface area contributed by atoms with Gasteiger partial charge in [-0.2, -0.15) is 0 Å². The number of rotatable bonds is 2. The average molecular weight is 177 g/mol. The molecule has 0 saturated heterocycles. The molecule has 0 spiro atoms. The van der Waals surface area contributed by atoms with Gasteiger partial charge in [0.1, 0.15) is 5.88 Å². The Kier molecular flexibility index (Phi) is 2.27. The second-order valence-corrected chi connectivity index (χ2v) is 1.95. The fourth-order valence-corrected chi connectivity index (χ4v) is 0.514. The van der Waals surface area contributed by atoms with Crippen molar-refractivity contribution < 1.29 is 9.42 Å². The summed E-state index contributed by atoms with van der Waals surface area (Å²) >= 11 is 5.19. The number of anilines is 2. The monoisotopic (exact) mass is 176 g/mol. The van der Waals surface area contributed by atoms with Gasteiger partial charge < -0.3 is 11.1 Å². The lowest BCUT2D eigenvalue weighted by molar-refractivity contribution is -0.113. The highest BCUT2D eigenvalue weighted by Gasteiger charge is 2.08. The van der Waals surface area contributed by atoms with Crippen LogP contribution < -0.4 is 11.1 Å². The number of nitrogen functional groups attached to an aromatic ring is 1. The summed E-state index contributed by atoms with van der Waals surface area (Å²) in [6, 6.07) is 0. The Hall–Kier alpha value is -1.30. The van der Waals surface area contributed by atoms with Gasteiger partial charge in [0.05, 0.1) is 0 Å². The van der Waals surface area contributed by atoms with Crippen molar-refractivity contribution in [2.24, 2.45) is 0 Å². The third-order valence-corrected chi connectivity index (χ3v) is 1.14. The van der Waals surface area contributed by atoms with Crippen LogP contribution in [0.4, 0.5) is 11.6 Å². The van der Waals surface area contributed by atoms with Gasteiger partial charge >= 0.3 is 0 Å². The Bertz CT molecular complexity index is 260. The molecule has 0 atom stereocenters. The van der Waals surface area contributed by atoms with Gasteiger partial charge in [-0.25, -0.2) is 4.63 Å². The number of hydrogen-bond acceptors (Lipinski definition) is 5. The van der Waals surface area contributed by atoms with Gasteiger partial charge in [0.15, 0.2) is 0 Å². The molecule has 11 heavy (non-hydrogen) atoms. The van der Waals surface area contributed by atoms with Crippen LogP contribution in [-0.2, 0) is 4.79 Å². The van der Waals surface area contributed by atoms with E-state index in [-0.39, 0.29) is 17.5 Å². The molecule has 0 aliphatic carbocycles. The molecule has 0 fully saturated rings. The molecule has 0 unspecified atom stereocenters. The molecule has 0 aromatic carbocycles. The second kappa shape index (κ2) is 3.20. The van der Waals surface area contributed by atoms with Crippen molar-refractivity contribution in [3.63, 3.8) is 0 Å². The molecule has 60 valence electrons. The van der Waals surface area contributed by atoms with Crippen molar-refractivity contribution in [1.29, 1.82) is 0 Å². The first-order chi connectivity index (χ1) is 5.24. The van der Waals surface area contributed by atoms with Crippen LogP contribution in [0.15, 0.2) is 4.63 Å². The molecule has 1 aromatic rings. The minimum atomic E-state index is -0.408. The number of nitrogens with two attached hydrogens (primary N) is 1. The van der Waals surface area contributed by atoms with Gasteiger partial charge in [-0.3, -0.25) is 4.79 Å².